The molecule has 0 aliphatic carbocycles. The second kappa shape index (κ2) is 7.94. The van der Waals surface area contributed by atoms with Gasteiger partial charge in [-0.25, -0.2) is 14.7 Å². The molecule has 0 spiro atoms. The van der Waals surface area contributed by atoms with Crippen molar-refractivity contribution < 1.29 is 20.4 Å². The lowest BCUT2D eigenvalue weighted by Gasteiger charge is -2.12. The molecule has 0 atom stereocenters. The van der Waals surface area contributed by atoms with E-state index in [9.17, 15) is 10.2 Å². The molecule has 3 rings (SSSR count). The van der Waals surface area contributed by atoms with Crippen LogP contribution in [0.25, 0.3) is 0 Å². The summed E-state index contributed by atoms with van der Waals surface area (Å²) in [4.78, 5) is 4.20. The highest BCUT2D eigenvalue weighted by molar-refractivity contribution is 6.63. The van der Waals surface area contributed by atoms with Gasteiger partial charge in [-0.2, -0.15) is 10.2 Å². The summed E-state index contributed by atoms with van der Waals surface area (Å²) < 4.78 is 1.40. The number of aromatic hydroxyl groups is 2. The molecule has 0 saturated carbocycles. The third kappa shape index (κ3) is 3.72. The minimum absolute atomic E-state index is 0.0226. The van der Waals surface area contributed by atoms with Crippen LogP contribution in [0.2, 0.25) is 0 Å². The van der Waals surface area contributed by atoms with E-state index in [1.165, 1.54) is 28.2 Å². The predicted octanol–water partition coefficient (Wildman–Crippen LogP) is -0.0441. The molecule has 28 heavy (non-hydrogen) atoms. The van der Waals surface area contributed by atoms with Crippen molar-refractivity contribution in [2.45, 2.75) is 6.54 Å². The number of aliphatic hydroxyl groups excluding tert-OH is 2. The molecule has 1 aliphatic rings. The Bertz CT molecular complexity index is 952. The zero-order chi connectivity index (χ0) is 20.3. The molecule has 0 fully saturated rings. The second-order valence-corrected chi connectivity index (χ2v) is 5.81. The number of benzene rings is 1. The molecular weight excluding hydrogens is 368 g/mol. The number of nitrogens with two attached hydrogens (primary N) is 1. The van der Waals surface area contributed by atoms with E-state index in [0.29, 0.717) is 5.69 Å². The van der Waals surface area contributed by atoms with Gasteiger partial charge < -0.3 is 31.5 Å². The van der Waals surface area contributed by atoms with Crippen LogP contribution >= 0.6 is 0 Å². The number of β-amino-alcohol motifs (C(OH)–C–C–N with tert-alkyl or cyclic N) is 1. The molecule has 2 aromatic rings. The SMILES string of the molecule is N=C1C(=Nc2cc(Nc3cnn(CCO)c3N)c(O)cc2O)C=NN1CCO. The molecular formula is C16H20N8O4. The number of aliphatic hydroxyl groups is 2. The van der Waals surface area contributed by atoms with Crippen molar-refractivity contribution in [2.24, 2.45) is 10.1 Å². The molecule has 12 nitrogen and oxygen atoms in total. The van der Waals surface area contributed by atoms with Gasteiger partial charge in [0, 0.05) is 6.07 Å². The Kier molecular flexibility index (Phi) is 5.42. The standard InChI is InChI=1S/C16H20N8O4/c17-15-11(7-19-23(15)1-3-25)21-9-5-10(14(28)6-13(9)27)22-12-8-20-24(2-4-26)16(12)18/h5-8,17,22,25-28H,1-4,18H2. The van der Waals surface area contributed by atoms with Crippen LogP contribution < -0.4 is 11.1 Å². The van der Waals surface area contributed by atoms with Crippen molar-refractivity contribution in [3.05, 3.63) is 18.3 Å². The van der Waals surface area contributed by atoms with E-state index in [-0.39, 0.29) is 66.5 Å². The van der Waals surface area contributed by atoms with E-state index in [4.69, 9.17) is 21.4 Å². The first-order valence-electron chi connectivity index (χ1n) is 8.29. The minimum Gasteiger partial charge on any atom is -0.506 e. The number of rotatable bonds is 7. The van der Waals surface area contributed by atoms with Gasteiger partial charge in [-0.1, -0.05) is 0 Å². The van der Waals surface area contributed by atoms with E-state index >= 15 is 0 Å². The van der Waals surface area contributed by atoms with Crippen LogP contribution in [-0.2, 0) is 6.54 Å². The van der Waals surface area contributed by atoms with Gasteiger partial charge in [-0.05, 0) is 6.07 Å². The number of hydrogen-bond acceptors (Lipinski definition) is 10. The third-order valence-corrected chi connectivity index (χ3v) is 3.93. The maximum Gasteiger partial charge on any atom is 0.169 e. The number of aliphatic imine (C=N–C) groups is 1. The largest absolute Gasteiger partial charge is 0.506 e. The van der Waals surface area contributed by atoms with E-state index < -0.39 is 0 Å². The number of hydrogen-bond donors (Lipinski definition) is 7. The van der Waals surface area contributed by atoms with Crippen LogP contribution in [0.5, 0.6) is 11.5 Å². The lowest BCUT2D eigenvalue weighted by atomic mass is 10.2. The molecule has 2 heterocycles. The number of nitrogen functional groups attached to an aromatic ring is 1. The highest BCUT2D eigenvalue weighted by atomic mass is 16.3. The molecule has 1 aromatic heterocycles. The number of nitrogens with zero attached hydrogens (tertiary/aromatic N) is 5. The fraction of sp³-hybridized carbons (Fsp3) is 0.250. The number of amidine groups is 1. The fourth-order valence-corrected chi connectivity index (χ4v) is 2.52. The van der Waals surface area contributed by atoms with Gasteiger partial charge in [0.1, 0.15) is 34.4 Å². The number of phenols is 2. The first-order chi connectivity index (χ1) is 13.4. The summed E-state index contributed by atoms with van der Waals surface area (Å²) >= 11 is 0. The van der Waals surface area contributed by atoms with Crippen molar-refractivity contribution in [3.8, 4) is 11.5 Å². The number of phenolic OH excluding ortho intramolecular Hbond substituents is 2. The van der Waals surface area contributed by atoms with Crippen LogP contribution in [0.1, 0.15) is 0 Å². The Hall–Kier alpha value is -3.64. The summed E-state index contributed by atoms with van der Waals surface area (Å²) in [7, 11) is 0. The van der Waals surface area contributed by atoms with Crippen LogP contribution in [0, 0.1) is 5.41 Å². The van der Waals surface area contributed by atoms with Crippen molar-refractivity contribution in [2.75, 3.05) is 30.8 Å². The topological polar surface area (TPSA) is 189 Å². The molecule has 1 aliphatic heterocycles. The number of nitrogens with one attached hydrogen (secondary N) is 2. The van der Waals surface area contributed by atoms with Crippen LogP contribution in [0.3, 0.4) is 0 Å². The smallest absolute Gasteiger partial charge is 0.169 e. The highest BCUT2D eigenvalue weighted by Crippen LogP contribution is 2.39. The van der Waals surface area contributed by atoms with Crippen LogP contribution in [0.15, 0.2) is 28.4 Å². The third-order valence-electron chi connectivity index (χ3n) is 3.93. The fourth-order valence-electron chi connectivity index (χ4n) is 2.52. The molecule has 12 heteroatoms. The predicted molar refractivity (Wildman–Crippen MR) is 104 cm³/mol. The summed E-state index contributed by atoms with van der Waals surface area (Å²) in [6, 6.07) is 2.49. The van der Waals surface area contributed by atoms with Gasteiger partial charge in [0.2, 0.25) is 0 Å². The lowest BCUT2D eigenvalue weighted by Crippen LogP contribution is -2.28. The summed E-state index contributed by atoms with van der Waals surface area (Å²) in [6.07, 6.45) is 2.78. The van der Waals surface area contributed by atoms with E-state index in [0.717, 1.165) is 6.07 Å². The Morgan fingerprint density at radius 2 is 1.86 bits per heavy atom. The van der Waals surface area contributed by atoms with Crippen LogP contribution in [-0.4, -0.2) is 72.7 Å². The summed E-state index contributed by atoms with van der Waals surface area (Å²) in [6.45, 7) is 0.0781. The summed E-state index contributed by atoms with van der Waals surface area (Å²) in [5.41, 5.74) is 6.84. The molecule has 0 amide bonds. The van der Waals surface area contributed by atoms with E-state index in [1.54, 1.807) is 0 Å². The Morgan fingerprint density at radius 1 is 1.11 bits per heavy atom. The molecule has 0 unspecified atom stereocenters. The normalized spacial score (nSPS) is 15.0. The molecule has 0 bridgehead atoms. The minimum atomic E-state index is -0.290. The maximum absolute atomic E-state index is 10.1. The van der Waals surface area contributed by atoms with Crippen LogP contribution in [0.4, 0.5) is 22.9 Å². The number of anilines is 3. The lowest BCUT2D eigenvalue weighted by molar-refractivity contribution is 0.255. The van der Waals surface area contributed by atoms with Crippen molar-refractivity contribution in [1.82, 2.24) is 14.8 Å². The van der Waals surface area contributed by atoms with Gasteiger partial charge in [0.25, 0.3) is 0 Å². The Labute approximate surface area is 159 Å². The Balaban J connectivity index is 1.89. The van der Waals surface area contributed by atoms with E-state index in [2.05, 4.69) is 20.5 Å². The first kappa shape index (κ1) is 19.1. The first-order valence-corrected chi connectivity index (χ1v) is 8.29. The molecule has 0 radical (unpaired) electrons. The van der Waals surface area contributed by atoms with Crippen molar-refractivity contribution in [3.63, 3.8) is 0 Å². The quantitative estimate of drug-likeness (QED) is 0.254. The van der Waals surface area contributed by atoms with Gasteiger partial charge >= 0.3 is 0 Å². The zero-order valence-electron chi connectivity index (χ0n) is 14.7. The van der Waals surface area contributed by atoms with Gasteiger partial charge in [0.05, 0.1) is 44.4 Å². The van der Waals surface area contributed by atoms with Crippen molar-refractivity contribution >= 4 is 40.6 Å². The zero-order valence-corrected chi connectivity index (χ0v) is 14.7. The monoisotopic (exact) mass is 388 g/mol. The summed E-state index contributed by atoms with van der Waals surface area (Å²) in [5, 5.41) is 58.3. The van der Waals surface area contributed by atoms with Gasteiger partial charge in [-0.15, -0.1) is 0 Å². The number of hydrazone groups is 1. The van der Waals surface area contributed by atoms with Gasteiger partial charge in [-0.3, -0.25) is 5.41 Å². The number of aromatic nitrogens is 2. The maximum atomic E-state index is 10.1. The molecule has 8 N–H and O–H groups in total. The average Bonchev–Trinajstić information content (AvgIpc) is 3.17. The summed E-state index contributed by atoms with van der Waals surface area (Å²) in [5.74, 6) is -0.293. The van der Waals surface area contributed by atoms with Crippen molar-refractivity contribution in [1.29, 1.82) is 5.41 Å². The Morgan fingerprint density at radius 3 is 2.57 bits per heavy atom. The molecule has 148 valence electrons. The highest BCUT2D eigenvalue weighted by Gasteiger charge is 2.21. The molecule has 1 aromatic carbocycles. The van der Waals surface area contributed by atoms with E-state index in [1.807, 2.05) is 0 Å². The van der Waals surface area contributed by atoms with Gasteiger partial charge in [0.15, 0.2) is 5.84 Å². The average molecular weight is 388 g/mol. The second-order valence-electron chi connectivity index (χ2n) is 5.81. The molecule has 0 saturated heterocycles.